The van der Waals surface area contributed by atoms with Crippen molar-refractivity contribution >= 4 is 27.8 Å². The summed E-state index contributed by atoms with van der Waals surface area (Å²) in [5.74, 6) is 0.297. The highest BCUT2D eigenvalue weighted by molar-refractivity contribution is 9.12. The molecule has 1 N–H and O–H groups in total. The van der Waals surface area contributed by atoms with Crippen molar-refractivity contribution in [2.45, 2.75) is 20.3 Å². The van der Waals surface area contributed by atoms with Gasteiger partial charge >= 0.3 is 0 Å². The van der Waals surface area contributed by atoms with Gasteiger partial charge in [-0.1, -0.05) is 43.3 Å². The average Bonchev–Trinajstić information content (AvgIpc) is 2.28. The van der Waals surface area contributed by atoms with Crippen LogP contribution < -0.4 is 10.4 Å². The Balaban J connectivity index is 3.48. The molecule has 1 aromatic carbocycles. The van der Waals surface area contributed by atoms with Crippen LogP contribution in [0.2, 0.25) is 0 Å². The summed E-state index contributed by atoms with van der Waals surface area (Å²) in [5.41, 5.74) is 0. The highest BCUT2D eigenvalue weighted by Crippen LogP contribution is 2.14. The molecule has 1 rings (SSSR count). The van der Waals surface area contributed by atoms with Crippen molar-refractivity contribution in [2.24, 2.45) is 0 Å². The molecule has 0 bridgehead atoms. The molecule has 1 aromatic rings. The van der Waals surface area contributed by atoms with Crippen LogP contribution in [0, 0.1) is 0 Å². The number of aliphatic hydroxyl groups excluding tert-OH is 1. The van der Waals surface area contributed by atoms with Gasteiger partial charge < -0.3 is 5.11 Å². The number of hydrogen-bond acceptors (Lipinski definition) is 1. The fraction of sp³-hybridized carbons (Fsp3) is 0.231. The molecule has 0 aromatic heterocycles. The zero-order valence-corrected chi connectivity index (χ0v) is 10.6. The van der Waals surface area contributed by atoms with E-state index in [0.717, 1.165) is 21.3 Å². The quantitative estimate of drug-likeness (QED) is 0.873. The maximum Gasteiger partial charge on any atom is 0.137 e. The molecule has 1 nitrogen and oxygen atoms in total. The molecule has 0 radical (unpaired) electrons. The van der Waals surface area contributed by atoms with Crippen LogP contribution in [0.25, 0.3) is 11.8 Å². The molecule has 0 spiro atoms. The summed E-state index contributed by atoms with van der Waals surface area (Å²) in [6.07, 6.45) is 4.82. The topological polar surface area (TPSA) is 20.2 Å². The minimum Gasteiger partial charge on any atom is -0.506 e. The lowest BCUT2D eigenvalue weighted by Gasteiger charge is -1.98. The van der Waals surface area contributed by atoms with E-state index in [1.165, 1.54) is 0 Å². The van der Waals surface area contributed by atoms with Crippen LogP contribution in [-0.2, 0) is 0 Å². The zero-order chi connectivity index (χ0) is 11.3. The van der Waals surface area contributed by atoms with Gasteiger partial charge in [-0.25, -0.2) is 0 Å². The maximum absolute atomic E-state index is 10.0. The van der Waals surface area contributed by atoms with Crippen LogP contribution in [0.5, 0.6) is 0 Å². The van der Waals surface area contributed by atoms with E-state index in [1.807, 2.05) is 50.3 Å². The number of hydrogen-bond donors (Lipinski definition) is 1. The summed E-state index contributed by atoms with van der Waals surface area (Å²) < 4.78 is 0.749. The zero-order valence-electron chi connectivity index (χ0n) is 9.00. The third-order valence-corrected chi connectivity index (χ3v) is 2.84. The van der Waals surface area contributed by atoms with E-state index in [1.54, 1.807) is 0 Å². The van der Waals surface area contributed by atoms with E-state index in [0.29, 0.717) is 5.76 Å². The Labute approximate surface area is 98.6 Å². The first kappa shape index (κ1) is 12.1. The molecule has 0 fully saturated rings. The van der Waals surface area contributed by atoms with Gasteiger partial charge in [-0.3, -0.25) is 0 Å². The van der Waals surface area contributed by atoms with E-state index in [4.69, 9.17) is 0 Å². The van der Waals surface area contributed by atoms with Gasteiger partial charge in [-0.2, -0.15) is 0 Å². The lowest BCUT2D eigenvalue weighted by atomic mass is 10.2. The van der Waals surface area contributed by atoms with Gasteiger partial charge in [0.15, 0.2) is 0 Å². The molecule has 2 heteroatoms. The number of rotatable bonds is 2. The van der Waals surface area contributed by atoms with E-state index in [-0.39, 0.29) is 0 Å². The second-order valence-corrected chi connectivity index (χ2v) is 4.04. The molecule has 0 aliphatic rings. The van der Waals surface area contributed by atoms with Crippen LogP contribution in [0.1, 0.15) is 20.3 Å². The first-order chi connectivity index (χ1) is 7.20. The van der Waals surface area contributed by atoms with Crippen molar-refractivity contribution < 1.29 is 5.11 Å². The molecular formula is C13H15BrO. The number of benzene rings is 1. The van der Waals surface area contributed by atoms with E-state index >= 15 is 0 Å². The first-order valence-corrected chi connectivity index (χ1v) is 5.80. The van der Waals surface area contributed by atoms with E-state index in [9.17, 15) is 5.11 Å². The Morgan fingerprint density at radius 3 is 2.67 bits per heavy atom. The lowest BCUT2D eigenvalue weighted by Crippen LogP contribution is -2.26. The summed E-state index contributed by atoms with van der Waals surface area (Å²) in [5, 5.41) is 11.9. The standard InChI is InChI=1S/C13H15BrO/c1-3-7-12(14)13(15)11-9-6-5-8-10(11)4-2/h4-9,15H,3H2,1-2H3/b10-4-,12-7-,13-11+. The predicted molar refractivity (Wildman–Crippen MR) is 69.2 cm³/mol. The Kier molecular flexibility index (Phi) is 4.63. The monoisotopic (exact) mass is 266 g/mol. The van der Waals surface area contributed by atoms with E-state index < -0.39 is 0 Å². The first-order valence-electron chi connectivity index (χ1n) is 5.01. The highest BCUT2D eigenvalue weighted by Gasteiger charge is 1.99. The van der Waals surface area contributed by atoms with Gasteiger partial charge in [0.2, 0.25) is 0 Å². The molecule has 80 valence electrons. The lowest BCUT2D eigenvalue weighted by molar-refractivity contribution is 0.510. The van der Waals surface area contributed by atoms with Gasteiger partial charge in [0.1, 0.15) is 5.76 Å². The molecule has 0 aliphatic carbocycles. The molecule has 0 amide bonds. The molecule has 0 saturated carbocycles. The molecule has 0 heterocycles. The van der Waals surface area contributed by atoms with Gasteiger partial charge in [-0.15, -0.1) is 0 Å². The smallest absolute Gasteiger partial charge is 0.137 e. The van der Waals surface area contributed by atoms with Crippen LogP contribution in [0.3, 0.4) is 0 Å². The Morgan fingerprint density at radius 2 is 2.07 bits per heavy atom. The molecule has 15 heavy (non-hydrogen) atoms. The predicted octanol–water partition coefficient (Wildman–Crippen LogP) is 2.84. The fourth-order valence-electron chi connectivity index (χ4n) is 1.37. The SMILES string of the molecule is C/C=c1/cccc/c1=C(O)/C(Br)=C/CC. The molecule has 0 saturated heterocycles. The minimum atomic E-state index is 0.297. The second kappa shape index (κ2) is 5.76. The van der Waals surface area contributed by atoms with Crippen molar-refractivity contribution in [3.05, 3.63) is 45.3 Å². The van der Waals surface area contributed by atoms with Crippen molar-refractivity contribution in [1.29, 1.82) is 0 Å². The average molecular weight is 267 g/mol. The number of allylic oxidation sites excluding steroid dienone is 1. The third-order valence-electron chi connectivity index (χ3n) is 2.14. The summed E-state index contributed by atoms with van der Waals surface area (Å²) >= 11 is 3.36. The molecule has 0 atom stereocenters. The third kappa shape index (κ3) is 2.96. The van der Waals surface area contributed by atoms with Crippen molar-refractivity contribution in [1.82, 2.24) is 0 Å². The van der Waals surface area contributed by atoms with Crippen molar-refractivity contribution in [3.8, 4) is 0 Å². The Hall–Kier alpha value is -1.02. The number of aliphatic hydroxyl groups is 1. The largest absolute Gasteiger partial charge is 0.506 e. The van der Waals surface area contributed by atoms with Gasteiger partial charge in [0.25, 0.3) is 0 Å². The van der Waals surface area contributed by atoms with Crippen LogP contribution in [-0.4, -0.2) is 5.11 Å². The molecule has 0 aliphatic heterocycles. The summed E-state index contributed by atoms with van der Waals surface area (Å²) in [6, 6.07) is 7.78. The summed E-state index contributed by atoms with van der Waals surface area (Å²) in [6.45, 7) is 4.00. The summed E-state index contributed by atoms with van der Waals surface area (Å²) in [7, 11) is 0. The normalized spacial score (nSPS) is 15.4. The van der Waals surface area contributed by atoms with Gasteiger partial charge in [0.05, 0.1) is 4.48 Å². The maximum atomic E-state index is 10.0. The van der Waals surface area contributed by atoms with E-state index in [2.05, 4.69) is 15.9 Å². The fourth-order valence-corrected chi connectivity index (χ4v) is 1.91. The van der Waals surface area contributed by atoms with Crippen molar-refractivity contribution in [2.75, 3.05) is 0 Å². The highest BCUT2D eigenvalue weighted by atomic mass is 79.9. The van der Waals surface area contributed by atoms with Crippen LogP contribution in [0.15, 0.2) is 34.8 Å². The van der Waals surface area contributed by atoms with Gasteiger partial charge in [-0.05, 0) is 34.5 Å². The second-order valence-electron chi connectivity index (χ2n) is 3.18. The van der Waals surface area contributed by atoms with Crippen LogP contribution in [0.4, 0.5) is 0 Å². The number of halogens is 1. The van der Waals surface area contributed by atoms with Crippen LogP contribution >= 0.6 is 15.9 Å². The molecular weight excluding hydrogens is 252 g/mol. The Morgan fingerprint density at radius 1 is 1.40 bits per heavy atom. The van der Waals surface area contributed by atoms with Gasteiger partial charge in [0, 0.05) is 5.22 Å². The van der Waals surface area contributed by atoms with Crippen molar-refractivity contribution in [3.63, 3.8) is 0 Å². The molecule has 0 unspecified atom stereocenters. The minimum absolute atomic E-state index is 0.297. The summed E-state index contributed by atoms with van der Waals surface area (Å²) in [4.78, 5) is 0. The Bertz CT molecular complexity index is 472.